The molecule has 0 spiro atoms. The van der Waals surface area contributed by atoms with Gasteiger partial charge in [-0.2, -0.15) is 0 Å². The Morgan fingerprint density at radius 2 is 1.87 bits per heavy atom. The predicted octanol–water partition coefficient (Wildman–Crippen LogP) is 3.26. The van der Waals surface area contributed by atoms with Crippen LogP contribution in [0.15, 0.2) is 29.3 Å². The van der Waals surface area contributed by atoms with Gasteiger partial charge in [-0.25, -0.2) is 4.99 Å². The number of nitrogens with one attached hydrogen (secondary N) is 2. The lowest BCUT2D eigenvalue weighted by molar-refractivity contribution is -0.127. The summed E-state index contributed by atoms with van der Waals surface area (Å²) in [6.07, 6.45) is 1.86. The number of hydrogen-bond donors (Lipinski definition) is 2. The third-order valence-corrected chi connectivity index (χ3v) is 5.35. The molecule has 1 aliphatic heterocycles. The molecule has 0 bridgehead atoms. The summed E-state index contributed by atoms with van der Waals surface area (Å²) in [5, 5.41) is 6.94. The van der Waals surface area contributed by atoms with Gasteiger partial charge in [0.1, 0.15) is 12.3 Å². The first-order valence-electron chi connectivity index (χ1n) is 11.0. The van der Waals surface area contributed by atoms with Gasteiger partial charge in [0.25, 0.3) is 0 Å². The average Bonchev–Trinajstić information content (AvgIpc) is 2.70. The highest BCUT2D eigenvalue weighted by Gasteiger charge is 2.22. The topological polar surface area (TPSA) is 69.2 Å². The van der Waals surface area contributed by atoms with Crippen LogP contribution in [0.4, 0.5) is 0 Å². The highest BCUT2D eigenvalue weighted by Crippen LogP contribution is 2.31. The summed E-state index contributed by atoms with van der Waals surface area (Å²) in [4.78, 5) is 20.6. The second kappa shape index (κ2) is 13.8. The summed E-state index contributed by atoms with van der Waals surface area (Å²) in [6, 6.07) is 9.24. The van der Waals surface area contributed by atoms with E-state index in [9.17, 15) is 4.79 Å². The van der Waals surface area contributed by atoms with Crippen LogP contribution in [0.2, 0.25) is 0 Å². The van der Waals surface area contributed by atoms with Crippen molar-refractivity contribution >= 4 is 35.8 Å². The Balaban J connectivity index is 0.00000480. The van der Waals surface area contributed by atoms with Crippen molar-refractivity contribution in [1.82, 2.24) is 20.4 Å². The third kappa shape index (κ3) is 8.84. The molecule has 1 aliphatic rings. The second-order valence-corrected chi connectivity index (χ2v) is 8.53. The number of para-hydroxylation sites is 1. The van der Waals surface area contributed by atoms with Crippen molar-refractivity contribution in [3.63, 3.8) is 0 Å². The van der Waals surface area contributed by atoms with Crippen molar-refractivity contribution in [1.29, 1.82) is 0 Å². The molecule has 0 aliphatic carbocycles. The minimum absolute atomic E-state index is 0. The summed E-state index contributed by atoms with van der Waals surface area (Å²) in [7, 11) is 3.50. The van der Waals surface area contributed by atoms with Crippen molar-refractivity contribution < 1.29 is 9.53 Å². The first kappa shape index (κ1) is 27.5. The van der Waals surface area contributed by atoms with Crippen LogP contribution in [0.5, 0.6) is 5.75 Å². The van der Waals surface area contributed by atoms with E-state index in [-0.39, 0.29) is 42.5 Å². The first-order valence-corrected chi connectivity index (χ1v) is 11.0. The number of guanidine groups is 1. The van der Waals surface area contributed by atoms with Crippen LogP contribution in [0.3, 0.4) is 0 Å². The van der Waals surface area contributed by atoms with Gasteiger partial charge in [-0.05, 0) is 40.2 Å². The van der Waals surface area contributed by atoms with E-state index >= 15 is 0 Å². The third-order valence-electron chi connectivity index (χ3n) is 5.35. The largest absolute Gasteiger partial charge is 0.493 e. The number of hydrogen-bond acceptors (Lipinski definition) is 4. The minimum atomic E-state index is -0.0192. The Morgan fingerprint density at radius 1 is 1.19 bits per heavy atom. The lowest BCUT2D eigenvalue weighted by Gasteiger charge is -2.31. The van der Waals surface area contributed by atoms with E-state index in [1.165, 1.54) is 0 Å². The molecule has 0 aromatic heterocycles. The maximum Gasteiger partial charge on any atom is 0.243 e. The number of nitrogens with zero attached hydrogens (tertiary/aromatic N) is 3. The molecule has 31 heavy (non-hydrogen) atoms. The number of ether oxygens (including phenoxy) is 1. The lowest BCUT2D eigenvalue weighted by atomic mass is 10.0. The molecule has 0 fully saturated rings. The molecule has 7 nitrogen and oxygen atoms in total. The molecule has 176 valence electrons. The Hall–Kier alpha value is -1.55. The normalized spacial score (nSPS) is 15.9. The van der Waals surface area contributed by atoms with E-state index in [0.717, 1.165) is 37.2 Å². The van der Waals surface area contributed by atoms with Crippen molar-refractivity contribution in [2.24, 2.45) is 4.99 Å². The molecule has 0 radical (unpaired) electrons. The molecule has 1 heterocycles. The van der Waals surface area contributed by atoms with Crippen molar-refractivity contribution in [2.45, 2.75) is 58.7 Å². The second-order valence-electron chi connectivity index (χ2n) is 8.53. The van der Waals surface area contributed by atoms with E-state index in [1.807, 2.05) is 18.2 Å². The summed E-state index contributed by atoms with van der Waals surface area (Å²) in [6.45, 7) is 11.5. The fraction of sp³-hybridized carbons (Fsp3) is 0.652. The van der Waals surface area contributed by atoms with E-state index < -0.39 is 0 Å². The van der Waals surface area contributed by atoms with Gasteiger partial charge >= 0.3 is 0 Å². The van der Waals surface area contributed by atoms with Crippen LogP contribution in [-0.4, -0.2) is 74.1 Å². The maximum atomic E-state index is 12.0. The summed E-state index contributed by atoms with van der Waals surface area (Å²) < 4.78 is 5.77. The number of aliphatic imine (C=N–C) groups is 1. The fourth-order valence-electron chi connectivity index (χ4n) is 3.68. The summed E-state index contributed by atoms with van der Waals surface area (Å²) >= 11 is 0. The van der Waals surface area contributed by atoms with E-state index in [2.05, 4.69) is 54.3 Å². The average molecular weight is 546 g/mol. The first-order chi connectivity index (χ1) is 14.3. The van der Waals surface area contributed by atoms with Crippen LogP contribution in [0.25, 0.3) is 0 Å². The van der Waals surface area contributed by atoms with Gasteiger partial charge < -0.3 is 20.3 Å². The molecule has 2 N–H and O–H groups in total. The van der Waals surface area contributed by atoms with E-state index in [0.29, 0.717) is 24.7 Å². The zero-order valence-electron chi connectivity index (χ0n) is 19.9. The zero-order valence-corrected chi connectivity index (χ0v) is 22.2. The van der Waals surface area contributed by atoms with Gasteiger partial charge in [0.2, 0.25) is 5.91 Å². The molecule has 0 saturated carbocycles. The Kier molecular flexibility index (Phi) is 12.2. The number of likely N-dealkylation sites (N-methyl/N-ethyl adjacent to an activating group) is 1. The van der Waals surface area contributed by atoms with E-state index in [1.54, 1.807) is 19.0 Å². The van der Waals surface area contributed by atoms with Crippen LogP contribution >= 0.6 is 24.0 Å². The molecule has 8 heteroatoms. The maximum absolute atomic E-state index is 12.0. The van der Waals surface area contributed by atoms with E-state index in [4.69, 9.17) is 4.74 Å². The summed E-state index contributed by atoms with van der Waals surface area (Å²) in [5.41, 5.74) is 1.13. The molecule has 1 amide bonds. The molecular formula is C23H40IN5O2. The van der Waals surface area contributed by atoms with Gasteiger partial charge in [-0.15, -0.1) is 24.0 Å². The standard InChI is InChI=1S/C23H39N5O2.HI/c1-17(2)28(18(3)4)14-9-13-24-23(25-16-22(29)27(5)6)26-20-12-15-30-21-11-8-7-10-19(20)21;/h7-8,10-11,17-18,20H,9,12-16H2,1-6H3,(H2,24,25,26);1H. The van der Waals surface area contributed by atoms with Crippen LogP contribution < -0.4 is 15.4 Å². The number of carbonyl (C=O) groups is 1. The monoisotopic (exact) mass is 545 g/mol. The molecule has 1 unspecified atom stereocenters. The number of carbonyl (C=O) groups excluding carboxylic acids is 1. The molecule has 1 aromatic carbocycles. The van der Waals surface area contributed by atoms with Crippen molar-refractivity contribution in [3.8, 4) is 5.75 Å². The highest BCUT2D eigenvalue weighted by molar-refractivity contribution is 14.0. The Morgan fingerprint density at radius 3 is 2.52 bits per heavy atom. The van der Waals surface area contributed by atoms with Crippen LogP contribution in [0.1, 0.15) is 52.1 Å². The molecular weight excluding hydrogens is 505 g/mol. The van der Waals surface area contributed by atoms with Crippen molar-refractivity contribution in [2.75, 3.05) is 40.3 Å². The fourth-order valence-corrected chi connectivity index (χ4v) is 3.68. The number of amides is 1. The highest BCUT2D eigenvalue weighted by atomic mass is 127. The number of rotatable bonds is 9. The number of benzene rings is 1. The van der Waals surface area contributed by atoms with Crippen LogP contribution in [-0.2, 0) is 4.79 Å². The van der Waals surface area contributed by atoms with Gasteiger partial charge in [-0.1, -0.05) is 18.2 Å². The summed E-state index contributed by atoms with van der Waals surface area (Å²) in [5.74, 6) is 1.57. The quantitative estimate of drug-likeness (QED) is 0.216. The zero-order chi connectivity index (χ0) is 22.1. The molecule has 0 saturated heterocycles. The Bertz CT molecular complexity index is 701. The van der Waals surface area contributed by atoms with Gasteiger partial charge in [0, 0.05) is 51.3 Å². The minimum Gasteiger partial charge on any atom is -0.493 e. The van der Waals surface area contributed by atoms with Gasteiger partial charge in [-0.3, -0.25) is 9.69 Å². The molecule has 1 aromatic rings. The Labute approximate surface area is 205 Å². The van der Waals surface area contributed by atoms with Crippen molar-refractivity contribution in [3.05, 3.63) is 29.8 Å². The lowest BCUT2D eigenvalue weighted by Crippen LogP contribution is -2.43. The number of halogens is 1. The van der Waals surface area contributed by atoms with Gasteiger partial charge in [0.05, 0.1) is 12.6 Å². The number of fused-ring (bicyclic) bond motifs is 1. The van der Waals surface area contributed by atoms with Crippen LogP contribution in [0, 0.1) is 0 Å². The molecule has 1 atom stereocenters. The predicted molar refractivity (Wildman–Crippen MR) is 138 cm³/mol. The smallest absolute Gasteiger partial charge is 0.243 e. The molecule has 2 rings (SSSR count). The SMILES string of the molecule is CC(C)N(CCCNC(=NCC(=O)N(C)C)NC1CCOc2ccccc21)C(C)C.I. The van der Waals surface area contributed by atoms with Gasteiger partial charge in [0.15, 0.2) is 5.96 Å².